The molecule has 4 heteroatoms. The monoisotopic (exact) mass is 259 g/mol. The van der Waals surface area contributed by atoms with Crippen molar-refractivity contribution in [2.24, 2.45) is 5.92 Å². The van der Waals surface area contributed by atoms with Gasteiger partial charge in [-0.25, -0.2) is 4.98 Å². The van der Waals surface area contributed by atoms with Gasteiger partial charge in [0.25, 0.3) is 0 Å². The van der Waals surface area contributed by atoms with E-state index in [9.17, 15) is 0 Å². The normalized spacial score (nSPS) is 16.9. The van der Waals surface area contributed by atoms with Crippen LogP contribution in [0.5, 0.6) is 0 Å². The highest BCUT2D eigenvalue weighted by molar-refractivity contribution is 7.13. The highest BCUT2D eigenvalue weighted by Gasteiger charge is 2.15. The second kappa shape index (κ2) is 5.59. The lowest BCUT2D eigenvalue weighted by atomic mass is 9.94. The van der Waals surface area contributed by atoms with E-state index in [2.05, 4.69) is 15.7 Å². The molecule has 0 aliphatic carbocycles. The van der Waals surface area contributed by atoms with Crippen molar-refractivity contribution >= 4 is 11.3 Å². The first kappa shape index (κ1) is 11.8. The zero-order valence-corrected chi connectivity index (χ0v) is 11.1. The molecule has 0 amide bonds. The van der Waals surface area contributed by atoms with Gasteiger partial charge in [0.05, 0.1) is 11.4 Å². The average molecular weight is 259 g/mol. The van der Waals surface area contributed by atoms with E-state index in [-0.39, 0.29) is 0 Å². The molecule has 0 saturated carbocycles. The summed E-state index contributed by atoms with van der Waals surface area (Å²) < 4.78 is 0. The number of nitrogens with zero attached hydrogens (tertiary/aromatic N) is 2. The fraction of sp³-hybridized carbons (Fsp3) is 0.429. The molecule has 3 heterocycles. The van der Waals surface area contributed by atoms with Crippen LogP contribution in [0.1, 0.15) is 18.5 Å². The second-order valence-corrected chi connectivity index (χ2v) is 5.61. The molecule has 0 bridgehead atoms. The number of thiazole rings is 1. The van der Waals surface area contributed by atoms with Crippen LogP contribution < -0.4 is 5.32 Å². The van der Waals surface area contributed by atoms with Crippen molar-refractivity contribution in [1.29, 1.82) is 0 Å². The zero-order valence-electron chi connectivity index (χ0n) is 10.3. The minimum atomic E-state index is 0.796. The summed E-state index contributed by atoms with van der Waals surface area (Å²) in [5, 5.41) is 6.63. The molecule has 18 heavy (non-hydrogen) atoms. The molecule has 2 aromatic rings. The summed E-state index contributed by atoms with van der Waals surface area (Å²) in [6.45, 7) is 2.31. The highest BCUT2D eigenvalue weighted by atomic mass is 32.1. The molecule has 0 unspecified atom stereocenters. The van der Waals surface area contributed by atoms with E-state index >= 15 is 0 Å². The van der Waals surface area contributed by atoms with Crippen LogP contribution in [0.3, 0.4) is 0 Å². The third-order valence-electron chi connectivity index (χ3n) is 3.39. The van der Waals surface area contributed by atoms with Crippen LogP contribution in [0.25, 0.3) is 10.7 Å². The Bertz CT molecular complexity index is 489. The summed E-state index contributed by atoms with van der Waals surface area (Å²) in [5.41, 5.74) is 2.21. The van der Waals surface area contributed by atoms with Gasteiger partial charge in [-0.3, -0.25) is 4.98 Å². The lowest BCUT2D eigenvalue weighted by molar-refractivity contribution is 0.370. The predicted octanol–water partition coefficient (Wildman–Crippen LogP) is 2.75. The lowest BCUT2D eigenvalue weighted by Crippen LogP contribution is -2.28. The molecular weight excluding hydrogens is 242 g/mol. The van der Waals surface area contributed by atoms with Crippen molar-refractivity contribution in [3.05, 3.63) is 35.5 Å². The summed E-state index contributed by atoms with van der Waals surface area (Å²) in [6, 6.07) is 5.97. The number of rotatable bonds is 3. The van der Waals surface area contributed by atoms with Crippen LogP contribution in [0.2, 0.25) is 0 Å². The third kappa shape index (κ3) is 2.76. The molecule has 3 nitrogen and oxygen atoms in total. The van der Waals surface area contributed by atoms with Crippen LogP contribution in [0, 0.1) is 5.92 Å². The number of piperidine rings is 1. The summed E-state index contributed by atoms with van der Waals surface area (Å²) in [4.78, 5) is 9.06. The first-order valence-corrected chi connectivity index (χ1v) is 7.36. The Kier molecular flexibility index (Phi) is 3.67. The molecule has 1 aliphatic rings. The van der Waals surface area contributed by atoms with Gasteiger partial charge in [-0.2, -0.15) is 0 Å². The van der Waals surface area contributed by atoms with Crippen molar-refractivity contribution in [2.75, 3.05) is 13.1 Å². The Morgan fingerprint density at radius 2 is 2.17 bits per heavy atom. The number of hydrogen-bond acceptors (Lipinski definition) is 4. The van der Waals surface area contributed by atoms with E-state index < -0.39 is 0 Å². The fourth-order valence-electron chi connectivity index (χ4n) is 2.39. The van der Waals surface area contributed by atoms with Gasteiger partial charge in [0.1, 0.15) is 5.01 Å². The molecule has 1 fully saturated rings. The van der Waals surface area contributed by atoms with Gasteiger partial charge < -0.3 is 5.32 Å². The number of aromatic nitrogens is 2. The van der Waals surface area contributed by atoms with E-state index in [1.54, 1.807) is 11.3 Å². The molecule has 1 aliphatic heterocycles. The van der Waals surface area contributed by atoms with Crippen LogP contribution in [-0.4, -0.2) is 23.1 Å². The molecule has 0 spiro atoms. The van der Waals surface area contributed by atoms with Crippen molar-refractivity contribution in [1.82, 2.24) is 15.3 Å². The number of pyridine rings is 1. The Labute approximate surface area is 111 Å². The molecule has 0 atom stereocenters. The zero-order chi connectivity index (χ0) is 12.2. The first-order chi connectivity index (χ1) is 8.92. The molecule has 3 rings (SSSR count). The summed E-state index contributed by atoms with van der Waals surface area (Å²) >= 11 is 1.70. The van der Waals surface area contributed by atoms with Crippen molar-refractivity contribution in [3.8, 4) is 10.7 Å². The van der Waals surface area contributed by atoms with E-state index in [0.717, 1.165) is 36.1 Å². The number of nitrogens with one attached hydrogen (secondary N) is 1. The van der Waals surface area contributed by atoms with Gasteiger partial charge >= 0.3 is 0 Å². The molecule has 94 valence electrons. The Balaban J connectivity index is 1.69. The van der Waals surface area contributed by atoms with Crippen molar-refractivity contribution < 1.29 is 0 Å². The summed E-state index contributed by atoms with van der Waals surface area (Å²) in [7, 11) is 0. The van der Waals surface area contributed by atoms with Crippen LogP contribution in [-0.2, 0) is 6.42 Å². The fourth-order valence-corrected chi connectivity index (χ4v) is 3.20. The van der Waals surface area contributed by atoms with Gasteiger partial charge in [-0.15, -0.1) is 11.3 Å². The van der Waals surface area contributed by atoms with Crippen LogP contribution in [0.4, 0.5) is 0 Å². The Hall–Kier alpha value is -1.26. The van der Waals surface area contributed by atoms with Gasteiger partial charge in [-0.1, -0.05) is 6.07 Å². The average Bonchev–Trinajstić information content (AvgIpc) is 2.89. The van der Waals surface area contributed by atoms with Gasteiger partial charge in [0, 0.05) is 11.6 Å². The maximum atomic E-state index is 4.71. The molecule has 2 aromatic heterocycles. The maximum absolute atomic E-state index is 4.71. The van der Waals surface area contributed by atoms with Gasteiger partial charge in [0.2, 0.25) is 0 Å². The lowest BCUT2D eigenvalue weighted by Gasteiger charge is -2.21. The first-order valence-electron chi connectivity index (χ1n) is 6.48. The largest absolute Gasteiger partial charge is 0.317 e. The van der Waals surface area contributed by atoms with Gasteiger partial charge in [-0.05, 0) is 50.4 Å². The van der Waals surface area contributed by atoms with E-state index in [1.807, 2.05) is 24.4 Å². The molecular formula is C14H17N3S. The van der Waals surface area contributed by atoms with Crippen molar-refractivity contribution in [3.63, 3.8) is 0 Å². The number of hydrogen-bond donors (Lipinski definition) is 1. The molecule has 0 aromatic carbocycles. The standard InChI is InChI=1S/C14H17N3S/c1-2-6-16-13(3-1)14-17-12(10-18-14)9-11-4-7-15-8-5-11/h1-3,6,10-11,15H,4-5,7-9H2. The Morgan fingerprint density at radius 3 is 2.94 bits per heavy atom. The molecule has 0 radical (unpaired) electrons. The van der Waals surface area contributed by atoms with Crippen LogP contribution in [0.15, 0.2) is 29.8 Å². The third-order valence-corrected chi connectivity index (χ3v) is 4.31. The quantitative estimate of drug-likeness (QED) is 0.921. The molecule has 1 N–H and O–H groups in total. The van der Waals surface area contributed by atoms with E-state index in [4.69, 9.17) is 4.98 Å². The topological polar surface area (TPSA) is 37.8 Å². The molecule has 1 saturated heterocycles. The SMILES string of the molecule is c1ccc(-c2nc(CC3CCNCC3)cs2)nc1. The van der Waals surface area contributed by atoms with Crippen molar-refractivity contribution in [2.45, 2.75) is 19.3 Å². The summed E-state index contributed by atoms with van der Waals surface area (Å²) in [5.74, 6) is 0.796. The minimum Gasteiger partial charge on any atom is -0.317 e. The second-order valence-electron chi connectivity index (χ2n) is 4.76. The van der Waals surface area contributed by atoms with Crippen LogP contribution >= 0.6 is 11.3 Å². The highest BCUT2D eigenvalue weighted by Crippen LogP contribution is 2.24. The predicted molar refractivity (Wildman–Crippen MR) is 74.6 cm³/mol. The summed E-state index contributed by atoms with van der Waals surface area (Å²) in [6.07, 6.45) is 5.49. The van der Waals surface area contributed by atoms with Gasteiger partial charge in [0.15, 0.2) is 0 Å². The van der Waals surface area contributed by atoms with E-state index in [0.29, 0.717) is 0 Å². The van der Waals surface area contributed by atoms with E-state index in [1.165, 1.54) is 18.5 Å². The maximum Gasteiger partial charge on any atom is 0.142 e. The smallest absolute Gasteiger partial charge is 0.142 e. The Morgan fingerprint density at radius 1 is 1.28 bits per heavy atom. The minimum absolute atomic E-state index is 0.796.